The molecule has 0 aliphatic heterocycles. The molecule has 2 aromatic carbocycles. The van der Waals surface area contributed by atoms with E-state index in [9.17, 15) is 0 Å². The van der Waals surface area contributed by atoms with Gasteiger partial charge in [-0.2, -0.15) is 0 Å². The molecule has 202 valence electrons. The van der Waals surface area contributed by atoms with Gasteiger partial charge < -0.3 is 0 Å². The Balaban J connectivity index is 0.992. The Morgan fingerprint density at radius 2 is 0.816 bits per heavy atom. The maximum absolute atomic E-state index is 2.42. The van der Waals surface area contributed by atoms with Crippen LogP contribution >= 0.6 is 0 Å². The van der Waals surface area contributed by atoms with Gasteiger partial charge in [0.15, 0.2) is 0 Å². The number of unbranched alkanes of at least 4 members (excludes halogenated alkanes) is 9. The van der Waals surface area contributed by atoms with E-state index in [-0.39, 0.29) is 0 Å². The third-order valence-electron chi connectivity index (χ3n) is 7.96. The van der Waals surface area contributed by atoms with Crippen molar-refractivity contribution in [2.24, 2.45) is 0 Å². The minimum atomic E-state index is 0.959. The van der Waals surface area contributed by atoms with Crippen LogP contribution in [0.1, 0.15) is 87.0 Å². The Kier molecular flexibility index (Phi) is 11.2. The molecule has 0 aliphatic rings. The van der Waals surface area contributed by atoms with E-state index in [0.29, 0.717) is 0 Å². The lowest BCUT2D eigenvalue weighted by molar-refractivity contribution is -0.694. The molecule has 4 heteroatoms. The second kappa shape index (κ2) is 15.3. The van der Waals surface area contributed by atoms with E-state index in [4.69, 9.17) is 0 Å². The lowest BCUT2D eigenvalue weighted by atomic mass is 10.1. The van der Waals surface area contributed by atoms with Gasteiger partial charge in [-0.05, 0) is 36.8 Å². The standard InChI is InChI=1S/C34H48N4/c1-31-35(25-27-37(31)29-33-19-13-11-14-20-33)23-17-9-7-5-3-4-6-8-10-18-24-36-26-28-38(32(36)2)30-34-21-15-12-16-22-34/h11-16,19-22,25-28H,3-10,17-18,23-24,29-30H2,1-2H3/q+2. The lowest BCUT2D eigenvalue weighted by Crippen LogP contribution is -2.36. The molecular weight excluding hydrogens is 464 g/mol. The molecular formula is C34H48N4+2. The van der Waals surface area contributed by atoms with Crippen molar-refractivity contribution in [3.8, 4) is 0 Å². The molecule has 0 unspecified atom stereocenters. The van der Waals surface area contributed by atoms with Gasteiger partial charge in [-0.1, -0.05) is 99.2 Å². The van der Waals surface area contributed by atoms with Crippen LogP contribution in [0.25, 0.3) is 0 Å². The predicted octanol–water partition coefficient (Wildman–Crippen LogP) is 7.18. The van der Waals surface area contributed by atoms with Crippen molar-refractivity contribution < 1.29 is 9.13 Å². The van der Waals surface area contributed by atoms with Crippen molar-refractivity contribution in [2.45, 2.75) is 104 Å². The van der Waals surface area contributed by atoms with E-state index in [0.717, 1.165) is 26.2 Å². The van der Waals surface area contributed by atoms with Crippen LogP contribution in [0.15, 0.2) is 85.5 Å². The molecule has 0 fully saturated rings. The zero-order chi connectivity index (χ0) is 26.4. The quantitative estimate of drug-likeness (QED) is 0.105. The number of nitrogens with zero attached hydrogens (tertiary/aromatic N) is 4. The van der Waals surface area contributed by atoms with Crippen LogP contribution in [0.4, 0.5) is 0 Å². The molecule has 0 aliphatic carbocycles. The molecule has 2 heterocycles. The zero-order valence-corrected chi connectivity index (χ0v) is 23.8. The number of aryl methyl sites for hydroxylation is 2. The van der Waals surface area contributed by atoms with Crippen molar-refractivity contribution in [2.75, 3.05) is 0 Å². The summed E-state index contributed by atoms with van der Waals surface area (Å²) in [6.45, 7) is 8.68. The van der Waals surface area contributed by atoms with Crippen LogP contribution in [0.3, 0.4) is 0 Å². The molecule has 0 amide bonds. The SMILES string of the molecule is Cc1n(CCCCCCCCCCCCn2cc[n+](Cc3ccccc3)c2C)cc[n+]1Cc1ccccc1. The lowest BCUT2D eigenvalue weighted by Gasteiger charge is -2.04. The van der Waals surface area contributed by atoms with Crippen LogP contribution in [0.5, 0.6) is 0 Å². The molecule has 38 heavy (non-hydrogen) atoms. The molecule has 0 atom stereocenters. The maximum atomic E-state index is 2.42. The predicted molar refractivity (Wildman–Crippen MR) is 156 cm³/mol. The first-order valence-electron chi connectivity index (χ1n) is 14.9. The highest BCUT2D eigenvalue weighted by Gasteiger charge is 2.13. The fourth-order valence-corrected chi connectivity index (χ4v) is 5.43. The Bertz CT molecular complexity index is 1090. The molecule has 4 aromatic rings. The Morgan fingerprint density at radius 1 is 0.474 bits per heavy atom. The second-order valence-electron chi connectivity index (χ2n) is 10.8. The van der Waals surface area contributed by atoms with Crippen LogP contribution < -0.4 is 9.13 Å². The molecule has 0 saturated heterocycles. The van der Waals surface area contributed by atoms with E-state index >= 15 is 0 Å². The normalized spacial score (nSPS) is 11.3. The van der Waals surface area contributed by atoms with Crippen molar-refractivity contribution in [1.29, 1.82) is 0 Å². The monoisotopic (exact) mass is 512 g/mol. The first kappa shape index (κ1) is 27.9. The minimum Gasteiger partial charge on any atom is -0.234 e. The molecule has 4 nitrogen and oxygen atoms in total. The van der Waals surface area contributed by atoms with Crippen LogP contribution in [0.2, 0.25) is 0 Å². The largest absolute Gasteiger partial charge is 0.253 e. The molecule has 4 rings (SSSR count). The number of hydrogen-bond acceptors (Lipinski definition) is 0. The molecule has 2 aromatic heterocycles. The molecule has 0 N–H and O–H groups in total. The van der Waals surface area contributed by atoms with Gasteiger partial charge in [0, 0.05) is 13.8 Å². The summed E-state index contributed by atoms with van der Waals surface area (Å²) in [5.41, 5.74) is 2.73. The highest BCUT2D eigenvalue weighted by Crippen LogP contribution is 2.12. The third-order valence-corrected chi connectivity index (χ3v) is 7.96. The third kappa shape index (κ3) is 8.72. The average Bonchev–Trinajstić information content (AvgIpc) is 3.47. The van der Waals surface area contributed by atoms with E-state index in [2.05, 4.69) is 118 Å². The van der Waals surface area contributed by atoms with Crippen molar-refractivity contribution in [3.63, 3.8) is 0 Å². The molecule has 0 bridgehead atoms. The fourth-order valence-electron chi connectivity index (χ4n) is 5.43. The minimum absolute atomic E-state index is 0.959. The summed E-state index contributed by atoms with van der Waals surface area (Å²) in [5, 5.41) is 0. The zero-order valence-electron chi connectivity index (χ0n) is 23.8. The van der Waals surface area contributed by atoms with Gasteiger partial charge in [-0.15, -0.1) is 0 Å². The van der Waals surface area contributed by atoms with Crippen LogP contribution in [-0.2, 0) is 26.2 Å². The summed E-state index contributed by atoms with van der Waals surface area (Å²) >= 11 is 0. The Hall–Kier alpha value is -3.14. The summed E-state index contributed by atoms with van der Waals surface area (Å²) in [7, 11) is 0. The van der Waals surface area contributed by atoms with Gasteiger partial charge in [-0.3, -0.25) is 0 Å². The number of imidazole rings is 2. The average molecular weight is 513 g/mol. The van der Waals surface area contributed by atoms with Gasteiger partial charge >= 0.3 is 0 Å². The van der Waals surface area contributed by atoms with E-state index in [1.54, 1.807) is 0 Å². The van der Waals surface area contributed by atoms with Gasteiger partial charge in [0.25, 0.3) is 11.6 Å². The number of rotatable bonds is 17. The second-order valence-corrected chi connectivity index (χ2v) is 10.8. The maximum Gasteiger partial charge on any atom is 0.253 e. The summed E-state index contributed by atoms with van der Waals surface area (Å²) in [6, 6.07) is 21.5. The van der Waals surface area contributed by atoms with Crippen LogP contribution in [-0.4, -0.2) is 9.13 Å². The Labute approximate surface area is 230 Å². The molecule has 0 spiro atoms. The summed E-state index contributed by atoms with van der Waals surface area (Å²) < 4.78 is 9.55. The van der Waals surface area contributed by atoms with Gasteiger partial charge in [-0.25, -0.2) is 18.3 Å². The highest BCUT2D eigenvalue weighted by atomic mass is 15.1. The van der Waals surface area contributed by atoms with Crippen molar-refractivity contribution in [1.82, 2.24) is 9.13 Å². The van der Waals surface area contributed by atoms with Gasteiger partial charge in [0.1, 0.15) is 37.9 Å². The number of aromatic nitrogens is 4. The van der Waals surface area contributed by atoms with Crippen molar-refractivity contribution in [3.05, 3.63) is 108 Å². The molecule has 0 radical (unpaired) electrons. The molecule has 0 saturated carbocycles. The number of hydrogen-bond donors (Lipinski definition) is 0. The van der Waals surface area contributed by atoms with Crippen molar-refractivity contribution >= 4 is 0 Å². The summed E-state index contributed by atoms with van der Waals surface area (Å²) in [6.07, 6.45) is 22.5. The number of benzene rings is 2. The van der Waals surface area contributed by atoms with E-state index in [1.807, 2.05) is 0 Å². The Morgan fingerprint density at radius 3 is 1.18 bits per heavy atom. The fraction of sp³-hybridized carbons (Fsp3) is 0.471. The van der Waals surface area contributed by atoms with Gasteiger partial charge in [0.05, 0.1) is 13.1 Å². The van der Waals surface area contributed by atoms with E-state index in [1.165, 1.54) is 87.0 Å². The smallest absolute Gasteiger partial charge is 0.234 e. The summed E-state index contributed by atoms with van der Waals surface area (Å²) in [5.74, 6) is 2.71. The first-order chi connectivity index (χ1) is 18.7. The summed E-state index contributed by atoms with van der Waals surface area (Å²) in [4.78, 5) is 0. The highest BCUT2D eigenvalue weighted by molar-refractivity contribution is 5.14. The van der Waals surface area contributed by atoms with Crippen LogP contribution in [0, 0.1) is 13.8 Å². The van der Waals surface area contributed by atoms with Gasteiger partial charge in [0.2, 0.25) is 0 Å². The van der Waals surface area contributed by atoms with E-state index < -0.39 is 0 Å². The first-order valence-corrected chi connectivity index (χ1v) is 14.9. The topological polar surface area (TPSA) is 17.6 Å².